The number of ketones is 1. The first-order valence-electron chi connectivity index (χ1n) is 5.49. The van der Waals surface area contributed by atoms with Gasteiger partial charge in [0.15, 0.2) is 0 Å². The van der Waals surface area contributed by atoms with Gasteiger partial charge in [-0.1, -0.05) is 46.9 Å². The molecule has 19 heavy (non-hydrogen) atoms. The standard InChI is InChI=1S/C15H9Cl3O/c16-12-5-1-10(2-6-12)9-14(18)15(19)11-3-7-13(17)8-4-11/h1-9H. The Labute approximate surface area is 126 Å². The molecule has 4 heteroatoms. The minimum atomic E-state index is -0.242. The molecular weight excluding hydrogens is 303 g/mol. The highest BCUT2D eigenvalue weighted by atomic mass is 35.5. The second kappa shape index (κ2) is 6.25. The largest absolute Gasteiger partial charge is 0.288 e. The van der Waals surface area contributed by atoms with E-state index in [1.165, 1.54) is 0 Å². The highest BCUT2D eigenvalue weighted by Gasteiger charge is 2.09. The molecule has 2 aromatic carbocycles. The van der Waals surface area contributed by atoms with Crippen molar-refractivity contribution in [2.24, 2.45) is 0 Å². The average Bonchev–Trinajstić information content (AvgIpc) is 2.41. The monoisotopic (exact) mass is 310 g/mol. The Morgan fingerprint density at radius 1 is 0.842 bits per heavy atom. The van der Waals surface area contributed by atoms with E-state index in [-0.39, 0.29) is 10.8 Å². The fourth-order valence-electron chi connectivity index (χ4n) is 1.51. The molecule has 0 N–H and O–H groups in total. The lowest BCUT2D eigenvalue weighted by atomic mass is 10.1. The highest BCUT2D eigenvalue weighted by molar-refractivity contribution is 6.47. The van der Waals surface area contributed by atoms with Crippen LogP contribution in [0.15, 0.2) is 53.6 Å². The summed E-state index contributed by atoms with van der Waals surface area (Å²) in [6.07, 6.45) is 1.61. The van der Waals surface area contributed by atoms with Crippen LogP contribution in [0.2, 0.25) is 10.0 Å². The highest BCUT2D eigenvalue weighted by Crippen LogP contribution is 2.19. The number of carbonyl (C=O) groups excluding carboxylic acids is 1. The quantitative estimate of drug-likeness (QED) is 0.543. The van der Waals surface area contributed by atoms with Gasteiger partial charge in [-0.25, -0.2) is 0 Å². The molecular formula is C15H9Cl3O. The summed E-state index contributed by atoms with van der Waals surface area (Å²) in [5.41, 5.74) is 1.32. The third kappa shape index (κ3) is 3.84. The molecule has 0 fully saturated rings. The molecule has 0 saturated carbocycles. The molecule has 0 aromatic heterocycles. The molecule has 0 aliphatic carbocycles. The van der Waals surface area contributed by atoms with Gasteiger partial charge in [0.05, 0.1) is 5.03 Å². The van der Waals surface area contributed by atoms with E-state index in [1.54, 1.807) is 54.6 Å². The Morgan fingerprint density at radius 3 is 1.84 bits per heavy atom. The van der Waals surface area contributed by atoms with Crippen molar-refractivity contribution in [3.05, 3.63) is 74.7 Å². The Hall–Kier alpha value is -1.28. The van der Waals surface area contributed by atoms with Crippen molar-refractivity contribution < 1.29 is 4.79 Å². The Kier molecular flexibility index (Phi) is 4.65. The maximum absolute atomic E-state index is 12.1. The average molecular weight is 312 g/mol. The molecule has 2 aromatic rings. The van der Waals surface area contributed by atoms with Crippen LogP contribution in [-0.2, 0) is 0 Å². The Balaban J connectivity index is 2.23. The van der Waals surface area contributed by atoms with E-state index in [1.807, 2.05) is 0 Å². The van der Waals surface area contributed by atoms with Crippen molar-refractivity contribution in [2.75, 3.05) is 0 Å². The summed E-state index contributed by atoms with van der Waals surface area (Å²) >= 11 is 17.6. The van der Waals surface area contributed by atoms with Crippen LogP contribution in [0.5, 0.6) is 0 Å². The van der Waals surface area contributed by atoms with Gasteiger partial charge in [-0.15, -0.1) is 0 Å². The number of allylic oxidation sites excluding steroid dienone is 1. The molecule has 96 valence electrons. The minimum Gasteiger partial charge on any atom is -0.288 e. The third-order valence-electron chi connectivity index (χ3n) is 2.49. The lowest BCUT2D eigenvalue weighted by Crippen LogP contribution is -1.98. The summed E-state index contributed by atoms with van der Waals surface area (Å²) in [6.45, 7) is 0. The lowest BCUT2D eigenvalue weighted by molar-refractivity contribution is 0.104. The smallest absolute Gasteiger partial charge is 0.204 e. The second-order valence-electron chi connectivity index (χ2n) is 3.88. The van der Waals surface area contributed by atoms with Crippen LogP contribution in [-0.4, -0.2) is 5.78 Å². The van der Waals surface area contributed by atoms with Crippen molar-refractivity contribution >= 4 is 46.7 Å². The van der Waals surface area contributed by atoms with Crippen LogP contribution in [0.25, 0.3) is 6.08 Å². The summed E-state index contributed by atoms with van der Waals surface area (Å²) in [5.74, 6) is -0.242. The molecule has 0 atom stereocenters. The predicted molar refractivity (Wildman–Crippen MR) is 81.1 cm³/mol. The zero-order valence-corrected chi connectivity index (χ0v) is 12.0. The van der Waals surface area contributed by atoms with E-state index in [9.17, 15) is 4.79 Å². The first kappa shape index (κ1) is 14.1. The van der Waals surface area contributed by atoms with Crippen LogP contribution in [0.1, 0.15) is 15.9 Å². The van der Waals surface area contributed by atoms with Gasteiger partial charge in [-0.2, -0.15) is 0 Å². The third-order valence-corrected chi connectivity index (χ3v) is 3.27. The number of benzene rings is 2. The summed E-state index contributed by atoms with van der Waals surface area (Å²) in [6, 6.07) is 13.7. The van der Waals surface area contributed by atoms with Gasteiger partial charge in [0.1, 0.15) is 0 Å². The number of halogens is 3. The molecule has 0 unspecified atom stereocenters. The molecule has 0 amide bonds. The lowest BCUT2D eigenvalue weighted by Gasteiger charge is -2.00. The van der Waals surface area contributed by atoms with Crippen molar-refractivity contribution in [1.82, 2.24) is 0 Å². The SMILES string of the molecule is O=C(C(Cl)=Cc1ccc(Cl)cc1)c1ccc(Cl)cc1. The Bertz CT molecular complexity index is 613. The normalized spacial score (nSPS) is 11.4. The van der Waals surface area contributed by atoms with Gasteiger partial charge in [-0.05, 0) is 48.0 Å². The fraction of sp³-hybridized carbons (Fsp3) is 0. The zero-order chi connectivity index (χ0) is 13.8. The number of carbonyl (C=O) groups is 1. The molecule has 0 spiro atoms. The molecule has 0 saturated heterocycles. The molecule has 0 aliphatic heterocycles. The molecule has 0 heterocycles. The van der Waals surface area contributed by atoms with E-state index >= 15 is 0 Å². The number of hydrogen-bond acceptors (Lipinski definition) is 1. The van der Waals surface area contributed by atoms with E-state index in [4.69, 9.17) is 34.8 Å². The summed E-state index contributed by atoms with van der Waals surface area (Å²) in [7, 11) is 0. The fourth-order valence-corrected chi connectivity index (χ4v) is 2.00. The minimum absolute atomic E-state index is 0.143. The van der Waals surface area contributed by atoms with Crippen molar-refractivity contribution in [3.8, 4) is 0 Å². The Morgan fingerprint density at radius 2 is 1.32 bits per heavy atom. The molecule has 2 rings (SSSR count). The van der Waals surface area contributed by atoms with E-state index in [0.717, 1.165) is 5.56 Å². The first-order valence-corrected chi connectivity index (χ1v) is 6.63. The van der Waals surface area contributed by atoms with Gasteiger partial charge in [0.2, 0.25) is 5.78 Å². The topological polar surface area (TPSA) is 17.1 Å². The molecule has 0 bridgehead atoms. The predicted octanol–water partition coefficient (Wildman–Crippen LogP) is 5.46. The first-order chi connectivity index (χ1) is 9.06. The van der Waals surface area contributed by atoms with Crippen molar-refractivity contribution in [1.29, 1.82) is 0 Å². The van der Waals surface area contributed by atoms with Crippen LogP contribution in [0.3, 0.4) is 0 Å². The van der Waals surface area contributed by atoms with E-state index < -0.39 is 0 Å². The molecule has 0 aliphatic rings. The van der Waals surface area contributed by atoms with Crippen LogP contribution in [0.4, 0.5) is 0 Å². The van der Waals surface area contributed by atoms with Gasteiger partial charge >= 0.3 is 0 Å². The van der Waals surface area contributed by atoms with Crippen LogP contribution in [0, 0.1) is 0 Å². The van der Waals surface area contributed by atoms with E-state index in [0.29, 0.717) is 15.6 Å². The van der Waals surface area contributed by atoms with E-state index in [2.05, 4.69) is 0 Å². The molecule has 1 nitrogen and oxygen atoms in total. The second-order valence-corrected chi connectivity index (χ2v) is 5.16. The van der Waals surface area contributed by atoms with Gasteiger partial charge in [-0.3, -0.25) is 4.79 Å². The number of hydrogen-bond donors (Lipinski definition) is 0. The van der Waals surface area contributed by atoms with Crippen LogP contribution >= 0.6 is 34.8 Å². The number of Topliss-reactive ketones (excluding diaryl/α,β-unsaturated/α-hetero) is 1. The van der Waals surface area contributed by atoms with Gasteiger partial charge in [0.25, 0.3) is 0 Å². The summed E-state index contributed by atoms with van der Waals surface area (Å²) in [4.78, 5) is 12.1. The van der Waals surface area contributed by atoms with Crippen LogP contribution < -0.4 is 0 Å². The number of rotatable bonds is 3. The van der Waals surface area contributed by atoms with Gasteiger partial charge < -0.3 is 0 Å². The van der Waals surface area contributed by atoms with Gasteiger partial charge in [0, 0.05) is 15.6 Å². The van der Waals surface area contributed by atoms with Crippen molar-refractivity contribution in [2.45, 2.75) is 0 Å². The zero-order valence-electron chi connectivity index (χ0n) is 9.74. The molecule has 0 radical (unpaired) electrons. The maximum Gasteiger partial charge on any atom is 0.204 e. The summed E-state index contributed by atoms with van der Waals surface area (Å²) < 4.78 is 0. The van der Waals surface area contributed by atoms with Crippen molar-refractivity contribution in [3.63, 3.8) is 0 Å². The summed E-state index contributed by atoms with van der Waals surface area (Å²) in [5, 5.41) is 1.36. The maximum atomic E-state index is 12.1.